The summed E-state index contributed by atoms with van der Waals surface area (Å²) in [4.78, 5) is 0. The summed E-state index contributed by atoms with van der Waals surface area (Å²) < 4.78 is 11.1. The van der Waals surface area contributed by atoms with E-state index in [-0.39, 0.29) is 5.60 Å². The molecule has 0 N–H and O–H groups in total. The van der Waals surface area contributed by atoms with Crippen molar-refractivity contribution in [3.8, 4) is 0 Å². The second-order valence-electron chi connectivity index (χ2n) is 4.01. The minimum atomic E-state index is -0.161. The van der Waals surface area contributed by atoms with Crippen LogP contribution in [0.15, 0.2) is 24.3 Å². The maximum Gasteiger partial charge on any atom is 0.0971 e. The molecule has 0 aliphatic carbocycles. The molecule has 2 rings (SSSR count). The molecular weight excluding hydrogens is 188 g/mol. The van der Waals surface area contributed by atoms with E-state index < -0.39 is 0 Å². The van der Waals surface area contributed by atoms with E-state index in [4.69, 9.17) is 9.47 Å². The molecule has 0 aromatic heterocycles. The summed E-state index contributed by atoms with van der Waals surface area (Å²) in [5.74, 6) is 0. The molecule has 1 aromatic carbocycles. The Labute approximate surface area is 91.2 Å². The first-order valence-corrected chi connectivity index (χ1v) is 5.32. The molecule has 15 heavy (non-hydrogen) atoms. The number of ether oxygens (including phenoxy) is 2. The Balaban J connectivity index is 2.32. The first-order chi connectivity index (χ1) is 7.27. The van der Waals surface area contributed by atoms with Crippen molar-refractivity contribution in [1.29, 1.82) is 0 Å². The maximum absolute atomic E-state index is 5.71. The molecule has 1 aliphatic rings. The molecule has 0 spiro atoms. The largest absolute Gasteiger partial charge is 0.381 e. The molecular formula is C13H17O2. The van der Waals surface area contributed by atoms with Crippen LogP contribution in [0.4, 0.5) is 0 Å². The van der Waals surface area contributed by atoms with Crippen molar-refractivity contribution >= 4 is 0 Å². The van der Waals surface area contributed by atoms with Gasteiger partial charge in [0, 0.05) is 33.2 Å². The molecule has 0 saturated carbocycles. The van der Waals surface area contributed by atoms with Crippen molar-refractivity contribution in [3.63, 3.8) is 0 Å². The van der Waals surface area contributed by atoms with Gasteiger partial charge in [-0.15, -0.1) is 0 Å². The number of methoxy groups -OCH3 is 1. The minimum Gasteiger partial charge on any atom is -0.381 e. The second-order valence-corrected chi connectivity index (χ2v) is 4.01. The molecule has 1 aromatic rings. The van der Waals surface area contributed by atoms with Crippen molar-refractivity contribution in [2.45, 2.75) is 18.4 Å². The van der Waals surface area contributed by atoms with Crippen LogP contribution < -0.4 is 0 Å². The highest BCUT2D eigenvalue weighted by molar-refractivity contribution is 5.30. The van der Waals surface area contributed by atoms with Crippen LogP contribution in [0.25, 0.3) is 0 Å². The Morgan fingerprint density at radius 3 is 2.67 bits per heavy atom. The van der Waals surface area contributed by atoms with Crippen LogP contribution in [0.1, 0.15) is 24.0 Å². The Morgan fingerprint density at radius 2 is 2.07 bits per heavy atom. The van der Waals surface area contributed by atoms with Gasteiger partial charge in [0.2, 0.25) is 0 Å². The van der Waals surface area contributed by atoms with Gasteiger partial charge in [-0.2, -0.15) is 0 Å². The van der Waals surface area contributed by atoms with Crippen LogP contribution in [-0.4, -0.2) is 20.3 Å². The van der Waals surface area contributed by atoms with Gasteiger partial charge in [-0.25, -0.2) is 0 Å². The summed E-state index contributed by atoms with van der Waals surface area (Å²) in [6.07, 6.45) is 1.85. The van der Waals surface area contributed by atoms with Crippen molar-refractivity contribution in [3.05, 3.63) is 42.3 Å². The molecule has 1 heterocycles. The molecule has 1 fully saturated rings. The summed E-state index contributed by atoms with van der Waals surface area (Å²) >= 11 is 0. The third-order valence-electron chi connectivity index (χ3n) is 3.14. The zero-order chi connectivity index (χ0) is 10.7. The summed E-state index contributed by atoms with van der Waals surface area (Å²) in [7, 11) is 1.78. The van der Waals surface area contributed by atoms with Crippen molar-refractivity contribution < 1.29 is 9.47 Å². The lowest BCUT2D eigenvalue weighted by Gasteiger charge is -2.36. The zero-order valence-corrected chi connectivity index (χ0v) is 9.16. The van der Waals surface area contributed by atoms with Crippen molar-refractivity contribution in [1.82, 2.24) is 0 Å². The SMILES string of the molecule is [CH2]c1cccc(C2(OC)CCOCC2)c1. The average molecular weight is 205 g/mol. The molecule has 2 heteroatoms. The number of hydrogen-bond donors (Lipinski definition) is 0. The quantitative estimate of drug-likeness (QED) is 0.738. The molecule has 0 amide bonds. The van der Waals surface area contributed by atoms with Crippen LogP contribution in [0.2, 0.25) is 0 Å². The molecule has 81 valence electrons. The predicted octanol–water partition coefficient (Wildman–Crippen LogP) is 2.52. The zero-order valence-electron chi connectivity index (χ0n) is 9.16. The van der Waals surface area contributed by atoms with Crippen molar-refractivity contribution in [2.24, 2.45) is 0 Å². The number of benzene rings is 1. The van der Waals surface area contributed by atoms with Crippen LogP contribution in [0.5, 0.6) is 0 Å². The van der Waals surface area contributed by atoms with Gasteiger partial charge in [0.1, 0.15) is 0 Å². The van der Waals surface area contributed by atoms with E-state index in [0.717, 1.165) is 31.6 Å². The summed E-state index contributed by atoms with van der Waals surface area (Å²) in [5, 5.41) is 0. The molecule has 2 nitrogen and oxygen atoms in total. The minimum absolute atomic E-state index is 0.161. The fourth-order valence-corrected chi connectivity index (χ4v) is 2.17. The number of hydrogen-bond acceptors (Lipinski definition) is 2. The van der Waals surface area contributed by atoms with E-state index in [0.29, 0.717) is 0 Å². The van der Waals surface area contributed by atoms with E-state index in [9.17, 15) is 0 Å². The third kappa shape index (κ3) is 2.06. The van der Waals surface area contributed by atoms with Crippen LogP contribution >= 0.6 is 0 Å². The lowest BCUT2D eigenvalue weighted by atomic mass is 9.85. The Hall–Kier alpha value is -0.860. The van der Waals surface area contributed by atoms with Crippen LogP contribution in [0, 0.1) is 6.92 Å². The smallest absolute Gasteiger partial charge is 0.0971 e. The van der Waals surface area contributed by atoms with Gasteiger partial charge in [-0.3, -0.25) is 0 Å². The molecule has 1 saturated heterocycles. The maximum atomic E-state index is 5.71. The first kappa shape index (κ1) is 10.7. The normalized spacial score (nSPS) is 20.1. The fourth-order valence-electron chi connectivity index (χ4n) is 2.17. The predicted molar refractivity (Wildman–Crippen MR) is 59.6 cm³/mol. The Morgan fingerprint density at radius 1 is 1.33 bits per heavy atom. The third-order valence-corrected chi connectivity index (χ3v) is 3.14. The molecule has 1 aliphatic heterocycles. The summed E-state index contributed by atoms with van der Waals surface area (Å²) in [6.45, 7) is 5.50. The summed E-state index contributed by atoms with van der Waals surface area (Å²) in [6, 6.07) is 8.26. The van der Waals surface area contributed by atoms with Gasteiger partial charge >= 0.3 is 0 Å². The van der Waals surface area contributed by atoms with Gasteiger partial charge in [0.15, 0.2) is 0 Å². The number of rotatable bonds is 2. The lowest BCUT2D eigenvalue weighted by Crippen LogP contribution is -2.35. The van der Waals surface area contributed by atoms with Gasteiger partial charge in [0.05, 0.1) is 5.60 Å². The molecule has 0 bridgehead atoms. The van der Waals surface area contributed by atoms with E-state index in [1.54, 1.807) is 7.11 Å². The lowest BCUT2D eigenvalue weighted by molar-refractivity contribution is -0.0948. The first-order valence-electron chi connectivity index (χ1n) is 5.32. The van der Waals surface area contributed by atoms with Gasteiger partial charge in [-0.05, 0) is 18.1 Å². The average Bonchev–Trinajstić information content (AvgIpc) is 2.30. The topological polar surface area (TPSA) is 18.5 Å². The van der Waals surface area contributed by atoms with Gasteiger partial charge in [0.25, 0.3) is 0 Å². The highest BCUT2D eigenvalue weighted by atomic mass is 16.5. The molecule has 1 radical (unpaired) electrons. The molecule has 0 atom stereocenters. The molecule has 0 unspecified atom stereocenters. The van der Waals surface area contributed by atoms with Crippen molar-refractivity contribution in [2.75, 3.05) is 20.3 Å². The highest BCUT2D eigenvalue weighted by Gasteiger charge is 2.34. The van der Waals surface area contributed by atoms with Crippen LogP contribution in [0.3, 0.4) is 0 Å². The Kier molecular flexibility index (Phi) is 3.08. The van der Waals surface area contributed by atoms with Gasteiger partial charge in [-0.1, -0.05) is 24.3 Å². The van der Waals surface area contributed by atoms with E-state index in [1.807, 2.05) is 12.1 Å². The fraction of sp³-hybridized carbons (Fsp3) is 0.462. The van der Waals surface area contributed by atoms with E-state index in [2.05, 4.69) is 19.1 Å². The summed E-state index contributed by atoms with van der Waals surface area (Å²) in [5.41, 5.74) is 2.10. The monoisotopic (exact) mass is 205 g/mol. The van der Waals surface area contributed by atoms with E-state index in [1.165, 1.54) is 5.56 Å². The van der Waals surface area contributed by atoms with Crippen LogP contribution in [-0.2, 0) is 15.1 Å². The van der Waals surface area contributed by atoms with Gasteiger partial charge < -0.3 is 9.47 Å². The highest BCUT2D eigenvalue weighted by Crippen LogP contribution is 2.35. The Bertz CT molecular complexity index is 327. The van der Waals surface area contributed by atoms with E-state index >= 15 is 0 Å². The second kappa shape index (κ2) is 4.33. The standard InChI is InChI=1S/C13H17O2/c1-11-4-3-5-12(10-11)13(14-2)6-8-15-9-7-13/h3-5,10H,1,6-9H2,2H3.